The van der Waals surface area contributed by atoms with Crippen molar-refractivity contribution in [1.82, 2.24) is 14.8 Å². The molecule has 0 aromatic carbocycles. The van der Waals surface area contributed by atoms with Gasteiger partial charge < -0.3 is 14.1 Å². The quantitative estimate of drug-likeness (QED) is 0.776. The molecular formula is C18H28N4O2. The molecule has 0 amide bonds. The van der Waals surface area contributed by atoms with Crippen molar-refractivity contribution in [3.05, 3.63) is 17.9 Å². The lowest BCUT2D eigenvalue weighted by Gasteiger charge is -2.26. The molecule has 1 aliphatic heterocycles. The van der Waals surface area contributed by atoms with Gasteiger partial charge in [0.1, 0.15) is 0 Å². The number of rotatable bonds is 7. The summed E-state index contributed by atoms with van der Waals surface area (Å²) in [6, 6.07) is 2.39. The maximum absolute atomic E-state index is 5.68. The van der Waals surface area contributed by atoms with Gasteiger partial charge in [0, 0.05) is 32.2 Å². The van der Waals surface area contributed by atoms with E-state index < -0.39 is 0 Å². The fourth-order valence-electron chi connectivity index (χ4n) is 3.29. The van der Waals surface area contributed by atoms with Gasteiger partial charge >= 0.3 is 0 Å². The molecule has 6 nitrogen and oxygen atoms in total. The predicted molar refractivity (Wildman–Crippen MR) is 94.2 cm³/mol. The van der Waals surface area contributed by atoms with Crippen LogP contribution in [0.4, 0.5) is 5.95 Å². The van der Waals surface area contributed by atoms with Gasteiger partial charge in [0.25, 0.3) is 0 Å². The summed E-state index contributed by atoms with van der Waals surface area (Å²) < 4.78 is 13.4. The first-order valence-electron chi connectivity index (χ1n) is 8.90. The molecule has 6 heteroatoms. The van der Waals surface area contributed by atoms with Crippen molar-refractivity contribution in [3.8, 4) is 11.6 Å². The van der Waals surface area contributed by atoms with Crippen LogP contribution in [0.5, 0.6) is 0 Å². The number of hydrogen-bond donors (Lipinski definition) is 0. The van der Waals surface area contributed by atoms with E-state index in [0.29, 0.717) is 12.0 Å². The number of ether oxygens (including phenoxy) is 1. The minimum Gasteiger partial charge on any atom is -0.461 e. The smallest absolute Gasteiger partial charge is 0.227 e. The van der Waals surface area contributed by atoms with Gasteiger partial charge in [-0.25, -0.2) is 0 Å². The minimum atomic E-state index is 0.420. The molecule has 0 saturated carbocycles. The van der Waals surface area contributed by atoms with E-state index in [2.05, 4.69) is 40.6 Å². The molecule has 24 heavy (non-hydrogen) atoms. The van der Waals surface area contributed by atoms with E-state index in [1.807, 2.05) is 13.0 Å². The van der Waals surface area contributed by atoms with Crippen LogP contribution in [0.15, 0.2) is 16.7 Å². The Bertz CT molecular complexity index is 658. The van der Waals surface area contributed by atoms with Gasteiger partial charge in [0.15, 0.2) is 5.76 Å². The third kappa shape index (κ3) is 3.34. The van der Waals surface area contributed by atoms with E-state index in [-0.39, 0.29) is 0 Å². The van der Waals surface area contributed by atoms with E-state index >= 15 is 0 Å². The van der Waals surface area contributed by atoms with Crippen LogP contribution in [0.25, 0.3) is 11.6 Å². The molecule has 3 rings (SSSR count). The Kier molecular flexibility index (Phi) is 5.23. The maximum atomic E-state index is 5.68. The lowest BCUT2D eigenvalue weighted by Crippen LogP contribution is -2.32. The SMILES string of the molecule is CCCC(C)N(C)c1nnc(-c2occc2C)n1CC1CCOC1. The molecule has 132 valence electrons. The average Bonchev–Trinajstić information content (AvgIpc) is 3.29. The lowest BCUT2D eigenvalue weighted by atomic mass is 10.1. The second-order valence-corrected chi connectivity index (χ2v) is 6.85. The first kappa shape index (κ1) is 17.0. The predicted octanol–water partition coefficient (Wildman–Crippen LogP) is 3.51. The standard InChI is InChI=1S/C18H28N4O2/c1-5-6-14(3)21(4)18-20-19-17(16-13(2)7-10-24-16)22(18)11-15-8-9-23-12-15/h7,10,14-15H,5-6,8-9,11-12H2,1-4H3. The number of furan rings is 1. The number of anilines is 1. The second kappa shape index (κ2) is 7.38. The van der Waals surface area contributed by atoms with E-state index in [1.165, 1.54) is 0 Å². The number of nitrogens with zero attached hydrogens (tertiary/aromatic N) is 4. The molecule has 1 aliphatic rings. The molecule has 3 heterocycles. The third-order valence-electron chi connectivity index (χ3n) is 4.94. The summed E-state index contributed by atoms with van der Waals surface area (Å²) in [5.41, 5.74) is 1.09. The van der Waals surface area contributed by atoms with Crippen molar-refractivity contribution in [2.24, 2.45) is 5.92 Å². The van der Waals surface area contributed by atoms with Crippen molar-refractivity contribution in [1.29, 1.82) is 0 Å². The Balaban J connectivity index is 1.95. The average molecular weight is 332 g/mol. The molecule has 0 radical (unpaired) electrons. The van der Waals surface area contributed by atoms with Gasteiger partial charge in [0.2, 0.25) is 11.8 Å². The Morgan fingerprint density at radius 2 is 2.25 bits per heavy atom. The molecule has 2 aromatic rings. The summed E-state index contributed by atoms with van der Waals surface area (Å²) in [6.45, 7) is 9.00. The molecule has 2 atom stereocenters. The van der Waals surface area contributed by atoms with Crippen molar-refractivity contribution in [2.75, 3.05) is 25.2 Å². The van der Waals surface area contributed by atoms with Crippen molar-refractivity contribution >= 4 is 5.95 Å². The van der Waals surface area contributed by atoms with Crippen LogP contribution in [0.2, 0.25) is 0 Å². The van der Waals surface area contributed by atoms with Gasteiger partial charge in [-0.2, -0.15) is 0 Å². The number of aromatic nitrogens is 3. The molecular weight excluding hydrogens is 304 g/mol. The number of hydrogen-bond acceptors (Lipinski definition) is 5. The van der Waals surface area contributed by atoms with Crippen molar-refractivity contribution in [3.63, 3.8) is 0 Å². The fraction of sp³-hybridized carbons (Fsp3) is 0.667. The van der Waals surface area contributed by atoms with Gasteiger partial charge in [-0.05, 0) is 38.3 Å². The van der Waals surface area contributed by atoms with Gasteiger partial charge in [-0.1, -0.05) is 13.3 Å². The molecule has 0 spiro atoms. The summed E-state index contributed by atoms with van der Waals surface area (Å²) >= 11 is 0. The van der Waals surface area contributed by atoms with Gasteiger partial charge in [-0.15, -0.1) is 10.2 Å². The highest BCUT2D eigenvalue weighted by Gasteiger charge is 2.26. The highest BCUT2D eigenvalue weighted by Crippen LogP contribution is 2.29. The zero-order valence-electron chi connectivity index (χ0n) is 15.2. The molecule has 2 aromatic heterocycles. The minimum absolute atomic E-state index is 0.420. The van der Waals surface area contributed by atoms with Crippen LogP contribution in [-0.2, 0) is 11.3 Å². The summed E-state index contributed by atoms with van der Waals surface area (Å²) in [6.07, 6.45) is 5.08. The van der Waals surface area contributed by atoms with Crippen LogP contribution < -0.4 is 4.90 Å². The molecule has 1 saturated heterocycles. The monoisotopic (exact) mass is 332 g/mol. The maximum Gasteiger partial charge on any atom is 0.227 e. The van der Waals surface area contributed by atoms with E-state index in [9.17, 15) is 0 Å². The zero-order valence-corrected chi connectivity index (χ0v) is 15.2. The van der Waals surface area contributed by atoms with Crippen molar-refractivity contribution in [2.45, 2.75) is 52.6 Å². The third-order valence-corrected chi connectivity index (χ3v) is 4.94. The summed E-state index contributed by atoms with van der Waals surface area (Å²) in [4.78, 5) is 2.23. The first-order valence-corrected chi connectivity index (χ1v) is 8.90. The Morgan fingerprint density at radius 3 is 2.88 bits per heavy atom. The van der Waals surface area contributed by atoms with Gasteiger partial charge in [0.05, 0.1) is 12.9 Å². The largest absolute Gasteiger partial charge is 0.461 e. The van der Waals surface area contributed by atoms with Gasteiger partial charge in [-0.3, -0.25) is 4.57 Å². The summed E-state index contributed by atoms with van der Waals surface area (Å²) in [5.74, 6) is 3.04. The van der Waals surface area contributed by atoms with E-state index in [0.717, 1.165) is 62.1 Å². The topological polar surface area (TPSA) is 56.3 Å². The van der Waals surface area contributed by atoms with Crippen LogP contribution >= 0.6 is 0 Å². The van der Waals surface area contributed by atoms with E-state index in [4.69, 9.17) is 9.15 Å². The normalized spacial score (nSPS) is 18.9. The zero-order chi connectivity index (χ0) is 17.1. The molecule has 0 aliphatic carbocycles. The van der Waals surface area contributed by atoms with Crippen LogP contribution in [-0.4, -0.2) is 41.1 Å². The van der Waals surface area contributed by atoms with Crippen LogP contribution in [0, 0.1) is 12.8 Å². The fourth-order valence-corrected chi connectivity index (χ4v) is 3.29. The lowest BCUT2D eigenvalue weighted by molar-refractivity contribution is 0.182. The summed E-state index contributed by atoms with van der Waals surface area (Å²) in [5, 5.41) is 8.96. The van der Waals surface area contributed by atoms with Crippen LogP contribution in [0.3, 0.4) is 0 Å². The van der Waals surface area contributed by atoms with Crippen LogP contribution in [0.1, 0.15) is 38.7 Å². The Hall–Kier alpha value is -1.82. The highest BCUT2D eigenvalue weighted by atomic mass is 16.5. The first-order chi connectivity index (χ1) is 11.6. The molecule has 0 bridgehead atoms. The second-order valence-electron chi connectivity index (χ2n) is 6.85. The summed E-state index contributed by atoms with van der Waals surface area (Å²) in [7, 11) is 2.10. The molecule has 1 fully saturated rings. The number of aryl methyl sites for hydroxylation is 1. The Labute approximate surface area is 143 Å². The van der Waals surface area contributed by atoms with Crippen molar-refractivity contribution < 1.29 is 9.15 Å². The van der Waals surface area contributed by atoms with E-state index in [1.54, 1.807) is 6.26 Å². The molecule has 0 N–H and O–H groups in total. The highest BCUT2D eigenvalue weighted by molar-refractivity contribution is 5.55. The molecule has 2 unspecified atom stereocenters. The Morgan fingerprint density at radius 1 is 1.42 bits per heavy atom.